The largest absolute Gasteiger partial charge is 0.338 e. The summed E-state index contributed by atoms with van der Waals surface area (Å²) < 4.78 is 5.42. The Morgan fingerprint density at radius 3 is 2.79 bits per heavy atom. The van der Waals surface area contributed by atoms with E-state index < -0.39 is 0 Å². The van der Waals surface area contributed by atoms with Crippen molar-refractivity contribution in [1.29, 1.82) is 0 Å². The summed E-state index contributed by atoms with van der Waals surface area (Å²) in [6.45, 7) is 4.45. The third-order valence-electron chi connectivity index (χ3n) is 4.57. The van der Waals surface area contributed by atoms with Crippen molar-refractivity contribution in [2.45, 2.75) is 51.5 Å². The zero-order valence-corrected chi connectivity index (χ0v) is 15.2. The molecular formula is C17H25ClN4O2. The first-order chi connectivity index (χ1) is 11.1. The number of hydrogen-bond donors (Lipinski definition) is 1. The Bertz CT molecular complexity index is 727. The van der Waals surface area contributed by atoms with Crippen LogP contribution in [0.25, 0.3) is 11.1 Å². The van der Waals surface area contributed by atoms with Crippen molar-refractivity contribution in [3.63, 3.8) is 0 Å². The molecule has 1 aliphatic rings. The standard InChI is InChI=1S/C17H24N4O2.ClH/c1-4-5-13-15-12(17(22)21(3)10(2)9-18)8-14(11-6-7-11)19-16(15)23-20-13;/h8,10-11H,4-7,9,18H2,1-3H3;1H. The van der Waals surface area contributed by atoms with Crippen molar-refractivity contribution < 1.29 is 9.32 Å². The van der Waals surface area contributed by atoms with Crippen LogP contribution in [0.3, 0.4) is 0 Å². The van der Waals surface area contributed by atoms with Gasteiger partial charge in [0.15, 0.2) is 0 Å². The lowest BCUT2D eigenvalue weighted by Crippen LogP contribution is -2.39. The van der Waals surface area contributed by atoms with E-state index in [4.69, 9.17) is 10.3 Å². The number of halogens is 1. The molecular weight excluding hydrogens is 328 g/mol. The molecule has 132 valence electrons. The van der Waals surface area contributed by atoms with Crippen LogP contribution in [-0.2, 0) is 6.42 Å². The van der Waals surface area contributed by atoms with Crippen LogP contribution >= 0.6 is 12.4 Å². The fourth-order valence-electron chi connectivity index (χ4n) is 2.74. The summed E-state index contributed by atoms with van der Waals surface area (Å²) in [5.41, 5.74) is 8.59. The molecule has 6 nitrogen and oxygen atoms in total. The fraction of sp³-hybridized carbons (Fsp3) is 0.588. The van der Waals surface area contributed by atoms with Crippen molar-refractivity contribution in [1.82, 2.24) is 15.0 Å². The molecule has 0 bridgehead atoms. The lowest BCUT2D eigenvalue weighted by Gasteiger charge is -2.24. The second-order valence-corrected chi connectivity index (χ2v) is 6.43. The predicted molar refractivity (Wildman–Crippen MR) is 95.6 cm³/mol. The van der Waals surface area contributed by atoms with Gasteiger partial charge >= 0.3 is 0 Å². The molecule has 0 radical (unpaired) electrons. The Morgan fingerprint density at radius 1 is 1.50 bits per heavy atom. The average molecular weight is 353 g/mol. The number of carbonyl (C=O) groups is 1. The third-order valence-corrected chi connectivity index (χ3v) is 4.57. The van der Waals surface area contributed by atoms with Gasteiger partial charge in [-0.1, -0.05) is 18.5 Å². The first-order valence-corrected chi connectivity index (χ1v) is 8.33. The zero-order chi connectivity index (χ0) is 16.6. The van der Waals surface area contributed by atoms with Gasteiger partial charge in [-0.2, -0.15) is 0 Å². The number of aryl methyl sites for hydroxylation is 1. The normalized spacial score (nSPS) is 15.2. The lowest BCUT2D eigenvalue weighted by atomic mass is 10.0. The monoisotopic (exact) mass is 352 g/mol. The highest BCUT2D eigenvalue weighted by Crippen LogP contribution is 2.40. The van der Waals surface area contributed by atoms with Gasteiger partial charge in [0.25, 0.3) is 11.6 Å². The summed E-state index contributed by atoms with van der Waals surface area (Å²) in [6.07, 6.45) is 3.96. The molecule has 1 fully saturated rings. The number of carbonyl (C=O) groups excluding carboxylic acids is 1. The van der Waals surface area contributed by atoms with Crippen LogP contribution in [0, 0.1) is 0 Å². The Labute approximate surface area is 148 Å². The molecule has 1 saturated carbocycles. The van der Waals surface area contributed by atoms with E-state index in [1.54, 1.807) is 11.9 Å². The van der Waals surface area contributed by atoms with E-state index in [9.17, 15) is 4.79 Å². The minimum Gasteiger partial charge on any atom is -0.338 e. The smallest absolute Gasteiger partial charge is 0.259 e. The summed E-state index contributed by atoms with van der Waals surface area (Å²) >= 11 is 0. The molecule has 2 heterocycles. The quantitative estimate of drug-likeness (QED) is 0.863. The number of hydrogen-bond acceptors (Lipinski definition) is 5. The molecule has 1 atom stereocenters. The molecule has 0 spiro atoms. The van der Waals surface area contributed by atoms with E-state index in [-0.39, 0.29) is 24.4 Å². The minimum absolute atomic E-state index is 0. The van der Waals surface area contributed by atoms with Crippen LogP contribution in [0.2, 0.25) is 0 Å². The van der Waals surface area contributed by atoms with Gasteiger partial charge in [-0.3, -0.25) is 4.79 Å². The molecule has 1 aliphatic carbocycles. The summed E-state index contributed by atoms with van der Waals surface area (Å²) in [6, 6.07) is 1.91. The molecule has 0 aliphatic heterocycles. The fourth-order valence-corrected chi connectivity index (χ4v) is 2.74. The predicted octanol–water partition coefficient (Wildman–Crippen LogP) is 2.89. The highest BCUT2D eigenvalue weighted by atomic mass is 35.5. The number of rotatable bonds is 6. The third kappa shape index (κ3) is 3.39. The van der Waals surface area contributed by atoms with Crippen molar-refractivity contribution in [3.05, 3.63) is 23.0 Å². The molecule has 3 rings (SSSR count). The van der Waals surface area contributed by atoms with Crippen LogP contribution < -0.4 is 5.73 Å². The van der Waals surface area contributed by atoms with Gasteiger partial charge in [0.05, 0.1) is 16.6 Å². The molecule has 24 heavy (non-hydrogen) atoms. The highest BCUT2D eigenvalue weighted by Gasteiger charge is 2.30. The average Bonchev–Trinajstić information content (AvgIpc) is 3.34. The van der Waals surface area contributed by atoms with Crippen molar-refractivity contribution in [3.8, 4) is 0 Å². The number of aromatic nitrogens is 2. The minimum atomic E-state index is -0.0437. The second-order valence-electron chi connectivity index (χ2n) is 6.43. The molecule has 2 aromatic heterocycles. The Hall–Kier alpha value is -1.66. The van der Waals surface area contributed by atoms with Gasteiger partial charge in [-0.15, -0.1) is 12.4 Å². The summed E-state index contributed by atoms with van der Waals surface area (Å²) in [4.78, 5) is 19.3. The van der Waals surface area contributed by atoms with Crippen LogP contribution in [0.1, 0.15) is 60.8 Å². The van der Waals surface area contributed by atoms with Crippen molar-refractivity contribution >= 4 is 29.4 Å². The van der Waals surface area contributed by atoms with E-state index >= 15 is 0 Å². The van der Waals surface area contributed by atoms with Gasteiger partial charge in [-0.05, 0) is 32.3 Å². The summed E-state index contributed by atoms with van der Waals surface area (Å²) in [5, 5.41) is 4.90. The number of nitrogens with zero attached hydrogens (tertiary/aromatic N) is 3. The molecule has 1 unspecified atom stereocenters. The lowest BCUT2D eigenvalue weighted by molar-refractivity contribution is 0.0750. The van der Waals surface area contributed by atoms with Crippen LogP contribution in [0.5, 0.6) is 0 Å². The first kappa shape index (κ1) is 18.7. The number of amides is 1. The van der Waals surface area contributed by atoms with E-state index in [1.807, 2.05) is 13.0 Å². The van der Waals surface area contributed by atoms with Crippen LogP contribution in [-0.4, -0.2) is 40.6 Å². The Balaban J connectivity index is 0.00000208. The van der Waals surface area contributed by atoms with Gasteiger partial charge in [-0.25, -0.2) is 4.98 Å². The number of nitrogens with two attached hydrogens (primary N) is 1. The maximum Gasteiger partial charge on any atom is 0.259 e. The van der Waals surface area contributed by atoms with Gasteiger partial charge in [0, 0.05) is 31.2 Å². The second kappa shape index (κ2) is 7.49. The van der Waals surface area contributed by atoms with E-state index in [2.05, 4.69) is 17.1 Å². The molecule has 1 amide bonds. The molecule has 2 N–H and O–H groups in total. The van der Waals surface area contributed by atoms with Crippen molar-refractivity contribution in [2.75, 3.05) is 13.6 Å². The Morgan fingerprint density at radius 2 is 2.21 bits per heavy atom. The van der Waals surface area contributed by atoms with Crippen LogP contribution in [0.4, 0.5) is 0 Å². The summed E-state index contributed by atoms with van der Waals surface area (Å²) in [5.74, 6) is 0.403. The molecule has 0 saturated heterocycles. The van der Waals surface area contributed by atoms with Crippen LogP contribution in [0.15, 0.2) is 10.6 Å². The van der Waals surface area contributed by atoms with E-state index in [0.717, 1.165) is 42.5 Å². The van der Waals surface area contributed by atoms with E-state index in [1.165, 1.54) is 0 Å². The maximum atomic E-state index is 13.0. The van der Waals surface area contributed by atoms with Gasteiger partial charge in [0.2, 0.25) is 0 Å². The summed E-state index contributed by atoms with van der Waals surface area (Å²) in [7, 11) is 1.79. The maximum absolute atomic E-state index is 13.0. The van der Waals surface area contributed by atoms with E-state index in [0.29, 0.717) is 23.7 Å². The highest BCUT2D eigenvalue weighted by molar-refractivity contribution is 6.06. The SMILES string of the molecule is CCCc1noc2nc(C3CC3)cc(C(=O)N(C)C(C)CN)c12.Cl. The molecule has 0 aromatic carbocycles. The number of fused-ring (bicyclic) bond motifs is 1. The first-order valence-electron chi connectivity index (χ1n) is 8.33. The zero-order valence-electron chi connectivity index (χ0n) is 14.4. The molecule has 2 aromatic rings. The Kier molecular flexibility index (Phi) is 5.83. The van der Waals surface area contributed by atoms with Gasteiger partial charge in [0.1, 0.15) is 0 Å². The molecule has 7 heteroatoms. The van der Waals surface area contributed by atoms with Gasteiger partial charge < -0.3 is 15.2 Å². The number of likely N-dealkylation sites (N-methyl/N-ethyl adjacent to an activating group) is 1. The topological polar surface area (TPSA) is 85.2 Å². The van der Waals surface area contributed by atoms with Crippen molar-refractivity contribution in [2.24, 2.45) is 5.73 Å². The number of pyridine rings is 1.